The summed E-state index contributed by atoms with van der Waals surface area (Å²) < 4.78 is 4.61. The van der Waals surface area contributed by atoms with Gasteiger partial charge in [0.25, 0.3) is 6.47 Å². The molecule has 0 saturated carbocycles. The maximum absolute atomic E-state index is 11.2. The van der Waals surface area contributed by atoms with E-state index in [0.717, 1.165) is 17.7 Å². The number of aliphatic carboxylic acids is 1. The van der Waals surface area contributed by atoms with E-state index in [1.165, 1.54) is 0 Å². The van der Waals surface area contributed by atoms with Gasteiger partial charge in [-0.15, -0.1) is 0 Å². The van der Waals surface area contributed by atoms with E-state index in [1.54, 1.807) is 24.3 Å². The molecule has 6 heteroatoms. The fourth-order valence-electron chi connectivity index (χ4n) is 1.14. The van der Waals surface area contributed by atoms with Crippen LogP contribution < -0.4 is 10.1 Å². The summed E-state index contributed by atoms with van der Waals surface area (Å²) in [5, 5.41) is 10.8. The van der Waals surface area contributed by atoms with Gasteiger partial charge in [0, 0.05) is 18.7 Å². The molecule has 94 valence electrons. The molecule has 1 aromatic rings. The van der Waals surface area contributed by atoms with E-state index in [9.17, 15) is 14.4 Å². The number of hydrogen-bond acceptors (Lipinski definition) is 4. The van der Waals surface area contributed by atoms with Gasteiger partial charge in [-0.3, -0.25) is 9.59 Å². The van der Waals surface area contributed by atoms with Crippen LogP contribution in [0, 0.1) is 0 Å². The zero-order chi connectivity index (χ0) is 13.4. The first-order chi connectivity index (χ1) is 8.61. The minimum atomic E-state index is -1.18. The number of carbonyl (C=O) groups excluding carboxylic acids is 2. The largest absolute Gasteiger partial charge is 0.478 e. The highest BCUT2D eigenvalue weighted by Crippen LogP contribution is 2.10. The van der Waals surface area contributed by atoms with Crippen molar-refractivity contribution in [2.24, 2.45) is 0 Å². The summed E-state index contributed by atoms with van der Waals surface area (Å²) in [5.41, 5.74) is 0.797. The fraction of sp³-hybridized carbons (Fsp3) is 0.0833. The first kappa shape index (κ1) is 13.4. The lowest BCUT2D eigenvalue weighted by atomic mass is 10.2. The van der Waals surface area contributed by atoms with Crippen molar-refractivity contribution in [3.8, 4) is 5.75 Å². The predicted molar refractivity (Wildman–Crippen MR) is 61.8 cm³/mol. The fourth-order valence-corrected chi connectivity index (χ4v) is 1.14. The lowest BCUT2D eigenvalue weighted by molar-refractivity contribution is -0.131. The quantitative estimate of drug-likeness (QED) is 0.565. The van der Waals surface area contributed by atoms with E-state index in [4.69, 9.17) is 5.11 Å². The molecule has 0 unspecified atom stereocenters. The summed E-state index contributed by atoms with van der Waals surface area (Å²) >= 11 is 0. The first-order valence-corrected chi connectivity index (χ1v) is 5.00. The topological polar surface area (TPSA) is 92.7 Å². The third-order valence-corrected chi connectivity index (χ3v) is 1.95. The summed E-state index contributed by atoms with van der Waals surface area (Å²) in [7, 11) is 0. The van der Waals surface area contributed by atoms with Crippen molar-refractivity contribution in [2.45, 2.75) is 6.54 Å². The van der Waals surface area contributed by atoms with Crippen molar-refractivity contribution in [1.29, 1.82) is 0 Å². The van der Waals surface area contributed by atoms with Crippen LogP contribution in [0.4, 0.5) is 0 Å². The Balaban J connectivity index is 2.46. The van der Waals surface area contributed by atoms with E-state index in [0.29, 0.717) is 12.2 Å². The van der Waals surface area contributed by atoms with Crippen LogP contribution in [0.3, 0.4) is 0 Å². The van der Waals surface area contributed by atoms with Crippen molar-refractivity contribution in [1.82, 2.24) is 5.32 Å². The number of carboxylic acid groups (broad SMARTS) is 1. The Morgan fingerprint density at radius 1 is 1.22 bits per heavy atom. The average Bonchev–Trinajstić information content (AvgIpc) is 2.36. The van der Waals surface area contributed by atoms with Gasteiger partial charge < -0.3 is 15.2 Å². The van der Waals surface area contributed by atoms with Crippen LogP contribution in [0.5, 0.6) is 5.75 Å². The number of hydrogen-bond donors (Lipinski definition) is 2. The van der Waals surface area contributed by atoms with Gasteiger partial charge in [0.15, 0.2) is 0 Å². The second-order valence-electron chi connectivity index (χ2n) is 3.25. The molecule has 1 rings (SSSR count). The summed E-state index contributed by atoms with van der Waals surface area (Å²) in [4.78, 5) is 31.4. The molecule has 0 aliphatic rings. The number of rotatable bonds is 6. The van der Waals surface area contributed by atoms with Gasteiger partial charge in [0.2, 0.25) is 5.91 Å². The van der Waals surface area contributed by atoms with Gasteiger partial charge in [0.1, 0.15) is 5.75 Å². The van der Waals surface area contributed by atoms with Crippen LogP contribution in [0.2, 0.25) is 0 Å². The molecule has 6 nitrogen and oxygen atoms in total. The van der Waals surface area contributed by atoms with Crippen molar-refractivity contribution in [3.63, 3.8) is 0 Å². The molecule has 0 aromatic heterocycles. The maximum Gasteiger partial charge on any atom is 0.328 e. The molecule has 1 amide bonds. The molecular formula is C12H11NO5. The van der Waals surface area contributed by atoms with E-state index in [1.807, 2.05) is 0 Å². The lowest BCUT2D eigenvalue weighted by Crippen LogP contribution is -2.20. The van der Waals surface area contributed by atoms with Crippen molar-refractivity contribution >= 4 is 18.3 Å². The summed E-state index contributed by atoms with van der Waals surface area (Å²) in [6.07, 6.45) is 1.70. The predicted octanol–water partition coefficient (Wildman–Crippen LogP) is 0.479. The molecule has 2 N–H and O–H groups in total. The molecule has 0 radical (unpaired) electrons. The molecule has 1 aromatic carbocycles. The van der Waals surface area contributed by atoms with E-state index < -0.39 is 11.9 Å². The Kier molecular flexibility index (Phi) is 5.11. The average molecular weight is 249 g/mol. The summed E-state index contributed by atoms with van der Waals surface area (Å²) in [5.74, 6) is -1.27. The molecular weight excluding hydrogens is 238 g/mol. The Morgan fingerprint density at radius 2 is 1.89 bits per heavy atom. The standard InChI is InChI=1S/C12H11NO5/c14-8-18-10-3-1-9(2-4-10)7-13-11(15)5-6-12(16)17/h1-6,8H,7H2,(H,13,15)(H,16,17). The molecule has 0 heterocycles. The van der Waals surface area contributed by atoms with Gasteiger partial charge >= 0.3 is 5.97 Å². The second-order valence-corrected chi connectivity index (χ2v) is 3.25. The van der Waals surface area contributed by atoms with Gasteiger partial charge in [0.05, 0.1) is 0 Å². The maximum atomic E-state index is 11.2. The number of nitrogens with one attached hydrogen (secondary N) is 1. The van der Waals surface area contributed by atoms with Gasteiger partial charge in [-0.1, -0.05) is 12.1 Å². The monoisotopic (exact) mass is 249 g/mol. The van der Waals surface area contributed by atoms with Crippen LogP contribution >= 0.6 is 0 Å². The van der Waals surface area contributed by atoms with Gasteiger partial charge in [-0.05, 0) is 17.7 Å². The van der Waals surface area contributed by atoms with E-state index >= 15 is 0 Å². The van der Waals surface area contributed by atoms with Crippen molar-refractivity contribution in [2.75, 3.05) is 0 Å². The molecule has 0 aliphatic carbocycles. The normalized spacial score (nSPS) is 10.0. The Morgan fingerprint density at radius 3 is 2.44 bits per heavy atom. The highest BCUT2D eigenvalue weighted by Gasteiger charge is 1.98. The van der Waals surface area contributed by atoms with Crippen LogP contribution in [0.15, 0.2) is 36.4 Å². The number of carbonyl (C=O) groups is 3. The SMILES string of the molecule is O=COc1ccc(CNC(=O)C=CC(=O)O)cc1. The minimum absolute atomic E-state index is 0.254. The third-order valence-electron chi connectivity index (χ3n) is 1.95. The molecule has 0 atom stereocenters. The van der Waals surface area contributed by atoms with Crippen LogP contribution in [-0.4, -0.2) is 23.5 Å². The smallest absolute Gasteiger partial charge is 0.328 e. The zero-order valence-corrected chi connectivity index (χ0v) is 9.33. The zero-order valence-electron chi connectivity index (χ0n) is 9.33. The number of amides is 1. The highest BCUT2D eigenvalue weighted by atomic mass is 16.5. The number of carboxylic acids is 1. The third kappa shape index (κ3) is 4.93. The highest BCUT2D eigenvalue weighted by molar-refractivity contribution is 5.93. The molecule has 0 saturated heterocycles. The lowest BCUT2D eigenvalue weighted by Gasteiger charge is -2.03. The Labute approximate surface area is 103 Å². The van der Waals surface area contributed by atoms with Crippen molar-refractivity contribution < 1.29 is 24.2 Å². The molecule has 18 heavy (non-hydrogen) atoms. The summed E-state index contributed by atoms with van der Waals surface area (Å²) in [6, 6.07) is 6.53. The number of benzene rings is 1. The first-order valence-electron chi connectivity index (χ1n) is 5.00. The Bertz CT molecular complexity index is 464. The van der Waals surface area contributed by atoms with Crippen LogP contribution in [-0.2, 0) is 20.9 Å². The number of ether oxygens (including phenoxy) is 1. The van der Waals surface area contributed by atoms with Crippen molar-refractivity contribution in [3.05, 3.63) is 42.0 Å². The Hall–Kier alpha value is -2.63. The molecule has 0 aliphatic heterocycles. The van der Waals surface area contributed by atoms with Crippen LogP contribution in [0.1, 0.15) is 5.56 Å². The molecule has 0 spiro atoms. The van der Waals surface area contributed by atoms with Gasteiger partial charge in [-0.2, -0.15) is 0 Å². The van der Waals surface area contributed by atoms with E-state index in [2.05, 4.69) is 10.1 Å². The van der Waals surface area contributed by atoms with Crippen LogP contribution in [0.25, 0.3) is 0 Å². The second kappa shape index (κ2) is 6.85. The summed E-state index contributed by atoms with van der Waals surface area (Å²) in [6.45, 7) is 0.581. The van der Waals surface area contributed by atoms with Gasteiger partial charge in [-0.25, -0.2) is 4.79 Å². The minimum Gasteiger partial charge on any atom is -0.478 e. The van der Waals surface area contributed by atoms with E-state index in [-0.39, 0.29) is 6.54 Å². The molecule has 0 fully saturated rings. The molecule has 0 bridgehead atoms.